The van der Waals surface area contributed by atoms with Gasteiger partial charge in [-0.3, -0.25) is 10.1 Å². The van der Waals surface area contributed by atoms with Crippen LogP contribution in [0.25, 0.3) is 0 Å². The topological polar surface area (TPSA) is 64.6 Å². The smallest absolute Gasteiger partial charge is 0.417 e. The average Bonchev–Trinajstić information content (AvgIpc) is 2.82. The minimum Gasteiger partial charge on any atom is -0.461 e. The quantitative estimate of drug-likeness (QED) is 0.353. The molecule has 0 unspecified atom stereocenters. The summed E-state index contributed by atoms with van der Waals surface area (Å²) in [7, 11) is 0. The zero-order valence-electron chi connectivity index (χ0n) is 17.9. The highest BCUT2D eigenvalue weighted by atomic mass is 35.5. The molecule has 0 saturated heterocycles. The van der Waals surface area contributed by atoms with E-state index in [1.807, 2.05) is 18.2 Å². The summed E-state index contributed by atoms with van der Waals surface area (Å²) in [5, 5.41) is 1.62. The third kappa shape index (κ3) is 7.25. The van der Waals surface area contributed by atoms with E-state index in [9.17, 15) is 22.8 Å². The molecule has 34 heavy (non-hydrogen) atoms. The normalized spacial score (nSPS) is 11.1. The first kappa shape index (κ1) is 25.1. The predicted octanol–water partition coefficient (Wildman–Crippen LogP) is 6.78. The molecule has 1 amide bonds. The molecule has 3 aromatic carbocycles. The van der Waals surface area contributed by atoms with Crippen LogP contribution in [0.15, 0.2) is 72.8 Å². The molecular formula is C25H21ClF3NO4. The summed E-state index contributed by atoms with van der Waals surface area (Å²) in [5.41, 5.74) is 0.380. The Hall–Kier alpha value is -3.52. The van der Waals surface area contributed by atoms with E-state index in [4.69, 9.17) is 21.1 Å². The van der Waals surface area contributed by atoms with Gasteiger partial charge in [0.1, 0.15) is 13.2 Å². The van der Waals surface area contributed by atoms with Crippen molar-refractivity contribution in [1.82, 2.24) is 0 Å². The van der Waals surface area contributed by atoms with E-state index in [0.717, 1.165) is 11.6 Å². The van der Waals surface area contributed by atoms with Gasteiger partial charge in [-0.15, -0.1) is 0 Å². The molecule has 5 nitrogen and oxygen atoms in total. The number of esters is 1. The van der Waals surface area contributed by atoms with Gasteiger partial charge in [0, 0.05) is 6.42 Å². The van der Waals surface area contributed by atoms with Crippen molar-refractivity contribution < 1.29 is 32.2 Å². The molecule has 0 spiro atoms. The Kier molecular flexibility index (Phi) is 8.54. The van der Waals surface area contributed by atoms with Crippen LogP contribution in [0.3, 0.4) is 0 Å². The van der Waals surface area contributed by atoms with E-state index in [1.54, 1.807) is 42.5 Å². The lowest BCUT2D eigenvalue weighted by molar-refractivity contribution is -0.145. The molecular weight excluding hydrogens is 471 g/mol. The SMILES string of the molecule is O=C(CCc1ccc(C(F)(F)F)c(Cl)c1NC(=O)OCc1ccccc1)OCc1ccccc1. The van der Waals surface area contributed by atoms with Crippen LogP contribution in [0.1, 0.15) is 28.7 Å². The standard InChI is InChI=1S/C25H21ClF3NO4/c26-22-20(25(27,28)29)13-11-19(12-14-21(31)33-15-17-7-3-1-4-8-17)23(22)30-24(32)34-16-18-9-5-2-6-10-18/h1-11,13H,12,14-16H2,(H,30,32). The highest BCUT2D eigenvalue weighted by Crippen LogP contribution is 2.40. The molecule has 3 rings (SSSR count). The number of benzene rings is 3. The van der Waals surface area contributed by atoms with Crippen molar-refractivity contribution in [2.24, 2.45) is 0 Å². The first-order valence-electron chi connectivity index (χ1n) is 10.3. The monoisotopic (exact) mass is 491 g/mol. The molecule has 1 N–H and O–H groups in total. The highest BCUT2D eigenvalue weighted by molar-refractivity contribution is 6.34. The number of halogens is 4. The van der Waals surface area contributed by atoms with Crippen LogP contribution in [0, 0.1) is 0 Å². The number of amides is 1. The molecule has 0 bridgehead atoms. The van der Waals surface area contributed by atoms with Gasteiger partial charge in [-0.05, 0) is 29.2 Å². The molecule has 9 heteroatoms. The van der Waals surface area contributed by atoms with E-state index in [2.05, 4.69) is 5.32 Å². The molecule has 0 fully saturated rings. The number of carbonyl (C=O) groups excluding carboxylic acids is 2. The van der Waals surface area contributed by atoms with Crippen LogP contribution >= 0.6 is 11.6 Å². The first-order valence-corrected chi connectivity index (χ1v) is 10.7. The van der Waals surface area contributed by atoms with Crippen molar-refractivity contribution in [3.63, 3.8) is 0 Å². The molecule has 0 heterocycles. The maximum Gasteiger partial charge on any atom is 0.417 e. The molecule has 0 saturated carbocycles. The third-order valence-electron chi connectivity index (χ3n) is 4.81. The largest absolute Gasteiger partial charge is 0.461 e. The second-order valence-corrected chi connectivity index (χ2v) is 7.67. The number of rotatable bonds is 8. The van der Waals surface area contributed by atoms with Crippen LogP contribution in [0.2, 0.25) is 5.02 Å². The summed E-state index contributed by atoms with van der Waals surface area (Å²) in [5.74, 6) is -0.544. The molecule has 0 radical (unpaired) electrons. The van der Waals surface area contributed by atoms with Crippen LogP contribution in [-0.4, -0.2) is 12.1 Å². The zero-order chi connectivity index (χ0) is 24.6. The van der Waals surface area contributed by atoms with E-state index in [1.165, 1.54) is 6.07 Å². The van der Waals surface area contributed by atoms with Crippen molar-refractivity contribution in [1.29, 1.82) is 0 Å². The van der Waals surface area contributed by atoms with Gasteiger partial charge in [0.15, 0.2) is 0 Å². The molecule has 3 aromatic rings. The number of aryl methyl sites for hydroxylation is 1. The minimum atomic E-state index is -4.73. The first-order chi connectivity index (χ1) is 16.2. The van der Waals surface area contributed by atoms with Crippen LogP contribution < -0.4 is 5.32 Å². The van der Waals surface area contributed by atoms with Crippen LogP contribution in [-0.2, 0) is 40.1 Å². The van der Waals surface area contributed by atoms with Gasteiger partial charge in [0.2, 0.25) is 0 Å². The number of anilines is 1. The van der Waals surface area contributed by atoms with Crippen molar-refractivity contribution in [2.45, 2.75) is 32.2 Å². The lowest BCUT2D eigenvalue weighted by atomic mass is 10.0. The number of alkyl halides is 3. The van der Waals surface area contributed by atoms with Gasteiger partial charge >= 0.3 is 18.2 Å². The van der Waals surface area contributed by atoms with Gasteiger partial charge in [0.05, 0.1) is 16.3 Å². The summed E-state index contributed by atoms with van der Waals surface area (Å²) in [6, 6.07) is 19.8. The Morgan fingerprint density at radius 2 is 1.38 bits per heavy atom. The Bertz CT molecular complexity index is 1120. The fourth-order valence-electron chi connectivity index (χ4n) is 3.09. The van der Waals surface area contributed by atoms with Crippen molar-refractivity contribution in [2.75, 3.05) is 5.32 Å². The van der Waals surface area contributed by atoms with E-state index < -0.39 is 28.8 Å². The Labute approximate surface area is 199 Å². The summed E-state index contributed by atoms with van der Waals surface area (Å²) >= 11 is 6.01. The van der Waals surface area contributed by atoms with Gasteiger partial charge in [-0.2, -0.15) is 13.2 Å². The zero-order valence-corrected chi connectivity index (χ0v) is 18.7. The number of hydrogen-bond acceptors (Lipinski definition) is 4. The van der Waals surface area contributed by atoms with Crippen LogP contribution in [0.4, 0.5) is 23.7 Å². The fraction of sp³-hybridized carbons (Fsp3) is 0.200. The molecule has 0 aliphatic rings. The number of nitrogens with one attached hydrogen (secondary N) is 1. The average molecular weight is 492 g/mol. The Morgan fingerprint density at radius 3 is 1.94 bits per heavy atom. The lowest BCUT2D eigenvalue weighted by Crippen LogP contribution is -2.17. The molecule has 178 valence electrons. The van der Waals surface area contributed by atoms with Gasteiger partial charge in [0.25, 0.3) is 0 Å². The molecule has 0 atom stereocenters. The van der Waals surface area contributed by atoms with Crippen molar-refractivity contribution in [3.05, 3.63) is 100 Å². The number of ether oxygens (including phenoxy) is 2. The van der Waals surface area contributed by atoms with Crippen LogP contribution in [0.5, 0.6) is 0 Å². The van der Waals surface area contributed by atoms with E-state index in [0.29, 0.717) is 5.56 Å². The molecule has 0 aromatic heterocycles. The van der Waals surface area contributed by atoms with Gasteiger partial charge < -0.3 is 9.47 Å². The summed E-state index contributed by atoms with van der Waals surface area (Å²) in [6.45, 7) is -0.00520. The number of carbonyl (C=O) groups is 2. The summed E-state index contributed by atoms with van der Waals surface area (Å²) < 4.78 is 50.3. The fourth-order valence-corrected chi connectivity index (χ4v) is 3.43. The maximum atomic E-state index is 13.3. The van der Waals surface area contributed by atoms with Gasteiger partial charge in [-0.1, -0.05) is 78.3 Å². The number of hydrogen-bond donors (Lipinski definition) is 1. The second kappa shape index (κ2) is 11.6. The minimum absolute atomic E-state index is 0.000219. The summed E-state index contributed by atoms with van der Waals surface area (Å²) in [4.78, 5) is 24.4. The lowest BCUT2D eigenvalue weighted by Gasteiger charge is -2.17. The van der Waals surface area contributed by atoms with Crippen molar-refractivity contribution >= 4 is 29.4 Å². The van der Waals surface area contributed by atoms with E-state index in [-0.39, 0.29) is 37.3 Å². The molecule has 0 aliphatic heterocycles. The van der Waals surface area contributed by atoms with E-state index >= 15 is 0 Å². The van der Waals surface area contributed by atoms with Gasteiger partial charge in [-0.25, -0.2) is 4.79 Å². The highest BCUT2D eigenvalue weighted by Gasteiger charge is 2.35. The predicted molar refractivity (Wildman–Crippen MR) is 121 cm³/mol. The molecule has 0 aliphatic carbocycles. The summed E-state index contributed by atoms with van der Waals surface area (Å²) in [6.07, 6.45) is -5.82. The van der Waals surface area contributed by atoms with Crippen molar-refractivity contribution in [3.8, 4) is 0 Å². The third-order valence-corrected chi connectivity index (χ3v) is 5.21. The Balaban J connectivity index is 1.69. The Morgan fingerprint density at radius 1 is 0.824 bits per heavy atom. The second-order valence-electron chi connectivity index (χ2n) is 7.29. The maximum absolute atomic E-state index is 13.3.